The van der Waals surface area contributed by atoms with E-state index in [-0.39, 0.29) is 17.5 Å². The van der Waals surface area contributed by atoms with E-state index in [0.29, 0.717) is 19.8 Å². The van der Waals surface area contributed by atoms with Gasteiger partial charge in [-0.2, -0.15) is 0 Å². The van der Waals surface area contributed by atoms with Crippen LogP contribution in [0.15, 0.2) is 18.3 Å². The van der Waals surface area contributed by atoms with Gasteiger partial charge in [0, 0.05) is 31.9 Å². The van der Waals surface area contributed by atoms with Crippen LogP contribution >= 0.6 is 0 Å². The number of nitrogens with zero attached hydrogens (tertiary/aromatic N) is 1. The van der Waals surface area contributed by atoms with E-state index in [1.807, 2.05) is 0 Å². The first kappa shape index (κ1) is 13.5. The molecule has 0 spiro atoms. The minimum absolute atomic E-state index is 0.000458. The molecule has 2 N–H and O–H groups in total. The number of rotatable bonds is 4. The topological polar surface area (TPSA) is 88.5 Å². The number of amides is 1. The largest absolute Gasteiger partial charge is 0.477 e. The Morgan fingerprint density at radius 2 is 2.11 bits per heavy atom. The fourth-order valence-electron chi connectivity index (χ4n) is 1.95. The molecule has 0 bridgehead atoms. The van der Waals surface area contributed by atoms with Crippen molar-refractivity contribution in [2.24, 2.45) is 5.92 Å². The Hall–Kier alpha value is -1.95. The fourth-order valence-corrected chi connectivity index (χ4v) is 1.95. The maximum atomic E-state index is 11.9. The number of hydrogen-bond acceptors (Lipinski definition) is 4. The molecule has 2 heterocycles. The summed E-state index contributed by atoms with van der Waals surface area (Å²) in [5.74, 6) is -1.02. The zero-order valence-corrected chi connectivity index (χ0v) is 10.5. The highest BCUT2D eigenvalue weighted by Gasteiger charge is 2.21. The van der Waals surface area contributed by atoms with Gasteiger partial charge in [0.2, 0.25) is 5.91 Å². The molecule has 0 radical (unpaired) electrons. The molecule has 1 aliphatic rings. The van der Waals surface area contributed by atoms with E-state index in [9.17, 15) is 9.59 Å². The lowest BCUT2D eigenvalue weighted by Crippen LogP contribution is -2.33. The molecule has 19 heavy (non-hydrogen) atoms. The van der Waals surface area contributed by atoms with E-state index >= 15 is 0 Å². The lowest BCUT2D eigenvalue weighted by atomic mass is 9.99. The van der Waals surface area contributed by atoms with E-state index in [4.69, 9.17) is 9.84 Å². The minimum atomic E-state index is -1.06. The van der Waals surface area contributed by atoms with Crippen molar-refractivity contribution in [3.63, 3.8) is 0 Å². The summed E-state index contributed by atoms with van der Waals surface area (Å²) in [5, 5.41) is 11.6. The molecule has 6 nitrogen and oxygen atoms in total. The molecule has 0 aromatic carbocycles. The SMILES string of the molecule is O=C(O)c1ccc(CNC(=O)C2CCOCC2)cn1. The maximum Gasteiger partial charge on any atom is 0.354 e. The third kappa shape index (κ3) is 3.75. The number of carboxylic acids is 1. The summed E-state index contributed by atoms with van der Waals surface area (Å²) in [6.07, 6.45) is 2.97. The molecule has 1 aromatic rings. The van der Waals surface area contributed by atoms with Crippen LogP contribution in [0.2, 0.25) is 0 Å². The second-order valence-electron chi connectivity index (χ2n) is 4.46. The van der Waals surface area contributed by atoms with Crippen molar-refractivity contribution in [1.82, 2.24) is 10.3 Å². The molecule has 2 rings (SSSR count). The number of hydrogen-bond donors (Lipinski definition) is 2. The third-order valence-corrected chi connectivity index (χ3v) is 3.10. The molecule has 6 heteroatoms. The molecule has 1 fully saturated rings. The minimum Gasteiger partial charge on any atom is -0.477 e. The monoisotopic (exact) mass is 264 g/mol. The first-order valence-electron chi connectivity index (χ1n) is 6.20. The average Bonchev–Trinajstić information content (AvgIpc) is 2.46. The Morgan fingerprint density at radius 1 is 1.37 bits per heavy atom. The van der Waals surface area contributed by atoms with Crippen molar-refractivity contribution in [2.45, 2.75) is 19.4 Å². The van der Waals surface area contributed by atoms with Gasteiger partial charge in [0.15, 0.2) is 0 Å². The Labute approximate surface area is 110 Å². The first-order valence-corrected chi connectivity index (χ1v) is 6.20. The van der Waals surface area contributed by atoms with Gasteiger partial charge in [-0.3, -0.25) is 4.79 Å². The molecular weight excluding hydrogens is 248 g/mol. The summed E-state index contributed by atoms with van der Waals surface area (Å²) < 4.78 is 5.20. The number of nitrogens with one attached hydrogen (secondary N) is 1. The molecule has 1 aromatic heterocycles. The van der Waals surface area contributed by atoms with Crippen LogP contribution in [-0.2, 0) is 16.1 Å². The van der Waals surface area contributed by atoms with E-state index in [1.165, 1.54) is 12.3 Å². The fraction of sp³-hybridized carbons (Fsp3) is 0.462. The van der Waals surface area contributed by atoms with E-state index in [2.05, 4.69) is 10.3 Å². The molecule has 0 aliphatic carbocycles. The Morgan fingerprint density at radius 3 is 2.68 bits per heavy atom. The van der Waals surface area contributed by atoms with E-state index in [1.54, 1.807) is 6.07 Å². The lowest BCUT2D eigenvalue weighted by molar-refractivity contribution is -0.128. The van der Waals surface area contributed by atoms with Gasteiger partial charge in [0.1, 0.15) is 5.69 Å². The number of carbonyl (C=O) groups excluding carboxylic acids is 1. The summed E-state index contributed by atoms with van der Waals surface area (Å²) >= 11 is 0. The summed E-state index contributed by atoms with van der Waals surface area (Å²) in [6, 6.07) is 3.08. The van der Waals surface area contributed by atoms with Crippen LogP contribution in [0.1, 0.15) is 28.9 Å². The first-order chi connectivity index (χ1) is 9.16. The van der Waals surface area contributed by atoms with Gasteiger partial charge >= 0.3 is 5.97 Å². The Bertz CT molecular complexity index is 452. The van der Waals surface area contributed by atoms with Crippen LogP contribution in [0, 0.1) is 5.92 Å². The normalized spacial score (nSPS) is 16.0. The second-order valence-corrected chi connectivity index (χ2v) is 4.46. The van der Waals surface area contributed by atoms with E-state index in [0.717, 1.165) is 18.4 Å². The molecular formula is C13H16N2O4. The van der Waals surface area contributed by atoms with Gasteiger partial charge < -0.3 is 15.2 Å². The van der Waals surface area contributed by atoms with Crippen LogP contribution in [0.4, 0.5) is 0 Å². The van der Waals surface area contributed by atoms with Crippen LogP contribution in [0.3, 0.4) is 0 Å². The van der Waals surface area contributed by atoms with Crippen molar-refractivity contribution in [3.8, 4) is 0 Å². The highest BCUT2D eigenvalue weighted by molar-refractivity contribution is 5.85. The molecule has 0 atom stereocenters. The smallest absolute Gasteiger partial charge is 0.354 e. The Kier molecular flexibility index (Phi) is 4.46. The van der Waals surface area contributed by atoms with Gasteiger partial charge in [-0.25, -0.2) is 9.78 Å². The molecule has 0 saturated carbocycles. The predicted molar refractivity (Wildman–Crippen MR) is 66.6 cm³/mol. The van der Waals surface area contributed by atoms with Crippen LogP contribution in [0.25, 0.3) is 0 Å². The molecule has 1 saturated heterocycles. The summed E-state index contributed by atoms with van der Waals surface area (Å²) in [7, 11) is 0. The van der Waals surface area contributed by atoms with Crippen LogP contribution in [0.5, 0.6) is 0 Å². The Balaban J connectivity index is 1.84. The summed E-state index contributed by atoms with van der Waals surface area (Å²) in [4.78, 5) is 26.3. The number of carboxylic acid groups (broad SMARTS) is 1. The number of ether oxygens (including phenoxy) is 1. The zero-order valence-electron chi connectivity index (χ0n) is 10.5. The van der Waals surface area contributed by atoms with Crippen LogP contribution in [-0.4, -0.2) is 35.2 Å². The quantitative estimate of drug-likeness (QED) is 0.840. The molecule has 1 aliphatic heterocycles. The summed E-state index contributed by atoms with van der Waals surface area (Å²) in [6.45, 7) is 1.63. The summed E-state index contributed by atoms with van der Waals surface area (Å²) in [5.41, 5.74) is 0.782. The standard InChI is InChI=1S/C13H16N2O4/c16-12(10-3-5-19-6-4-10)15-8-9-1-2-11(13(17)18)14-7-9/h1-2,7,10H,3-6,8H2,(H,15,16)(H,17,18). The molecule has 0 unspecified atom stereocenters. The zero-order chi connectivity index (χ0) is 13.7. The maximum absolute atomic E-state index is 11.9. The highest BCUT2D eigenvalue weighted by atomic mass is 16.5. The number of aromatic carboxylic acids is 1. The van der Waals surface area contributed by atoms with Crippen molar-refractivity contribution >= 4 is 11.9 Å². The van der Waals surface area contributed by atoms with E-state index < -0.39 is 5.97 Å². The molecule has 1 amide bonds. The molecule has 102 valence electrons. The van der Waals surface area contributed by atoms with Gasteiger partial charge in [-0.05, 0) is 24.5 Å². The lowest BCUT2D eigenvalue weighted by Gasteiger charge is -2.21. The van der Waals surface area contributed by atoms with Gasteiger partial charge in [-0.1, -0.05) is 6.07 Å². The van der Waals surface area contributed by atoms with Crippen molar-refractivity contribution in [2.75, 3.05) is 13.2 Å². The highest BCUT2D eigenvalue weighted by Crippen LogP contribution is 2.14. The van der Waals surface area contributed by atoms with Crippen molar-refractivity contribution < 1.29 is 19.4 Å². The van der Waals surface area contributed by atoms with Crippen molar-refractivity contribution in [1.29, 1.82) is 0 Å². The van der Waals surface area contributed by atoms with Crippen LogP contribution < -0.4 is 5.32 Å². The number of pyridine rings is 1. The van der Waals surface area contributed by atoms with Gasteiger partial charge in [0.25, 0.3) is 0 Å². The van der Waals surface area contributed by atoms with Crippen molar-refractivity contribution in [3.05, 3.63) is 29.6 Å². The average molecular weight is 264 g/mol. The second kappa shape index (κ2) is 6.29. The van der Waals surface area contributed by atoms with Gasteiger partial charge in [0.05, 0.1) is 0 Å². The number of carbonyl (C=O) groups is 2. The third-order valence-electron chi connectivity index (χ3n) is 3.10. The number of aromatic nitrogens is 1. The predicted octanol–water partition coefficient (Wildman–Crippen LogP) is 0.823. The van der Waals surface area contributed by atoms with Gasteiger partial charge in [-0.15, -0.1) is 0 Å².